The molecule has 0 saturated carbocycles. The van der Waals surface area contributed by atoms with Gasteiger partial charge in [0.05, 0.1) is 0 Å². The Balaban J connectivity index is 0. The zero-order valence-electron chi connectivity index (χ0n) is 7.09. The van der Waals surface area contributed by atoms with Crippen LogP contribution in [0.1, 0.15) is 34.6 Å². The number of hydrogen-bond acceptors (Lipinski definition) is 0. The normalized spacial score (nSPS) is 12.5. The minimum absolute atomic E-state index is 0. The maximum atomic E-state index is 2.21. The van der Waals surface area contributed by atoms with Crippen LogP contribution in [0.15, 0.2) is 36.0 Å². The molecule has 0 aromatic heterocycles. The molecule has 0 unspecified atom stereocenters. The van der Waals surface area contributed by atoms with Gasteiger partial charge in [0.15, 0.2) is 0 Å². The van der Waals surface area contributed by atoms with Gasteiger partial charge >= 0.3 is 0 Å². The molecule has 64 valence electrons. The summed E-state index contributed by atoms with van der Waals surface area (Å²) in [5.74, 6) is 0. The van der Waals surface area contributed by atoms with Gasteiger partial charge < -0.3 is 0 Å². The Morgan fingerprint density at radius 3 is 2.36 bits per heavy atom. The molecule has 0 aliphatic carbocycles. The van der Waals surface area contributed by atoms with E-state index in [-0.39, 0.29) is 7.43 Å². The third-order valence-electron chi connectivity index (χ3n) is 1.19. The van der Waals surface area contributed by atoms with Crippen LogP contribution in [0.5, 0.6) is 0 Å². The van der Waals surface area contributed by atoms with Gasteiger partial charge in [-0.05, 0) is 20.3 Å². The van der Waals surface area contributed by atoms with Crippen molar-refractivity contribution in [3.8, 4) is 0 Å². The second-order valence-electron chi connectivity index (χ2n) is 2.24. The highest BCUT2D eigenvalue weighted by Gasteiger charge is 1.75. The summed E-state index contributed by atoms with van der Waals surface area (Å²) in [7, 11) is 0. The smallest absolute Gasteiger partial charge is 0.0374 e. The zero-order valence-corrected chi connectivity index (χ0v) is 7.09. The zero-order chi connectivity index (χ0) is 7.82. The molecule has 0 fully saturated rings. The second kappa shape index (κ2) is 9.22. The van der Waals surface area contributed by atoms with Gasteiger partial charge in [0.25, 0.3) is 0 Å². The first-order valence-electron chi connectivity index (χ1n) is 3.77. The van der Waals surface area contributed by atoms with Gasteiger partial charge in [0.2, 0.25) is 0 Å². The monoisotopic (exact) mass is 152 g/mol. The van der Waals surface area contributed by atoms with Crippen molar-refractivity contribution in [1.82, 2.24) is 0 Å². The molecule has 0 heteroatoms. The van der Waals surface area contributed by atoms with E-state index in [0.29, 0.717) is 0 Å². The van der Waals surface area contributed by atoms with E-state index in [1.54, 1.807) is 0 Å². The fourth-order valence-electron chi connectivity index (χ4n) is 0.708. The van der Waals surface area contributed by atoms with E-state index in [1.807, 2.05) is 19.1 Å². The van der Waals surface area contributed by atoms with Gasteiger partial charge in [0, 0.05) is 0 Å². The summed E-state index contributed by atoms with van der Waals surface area (Å²) in [5, 5.41) is 0. The highest BCUT2D eigenvalue weighted by Crippen LogP contribution is 1.96. The van der Waals surface area contributed by atoms with E-state index in [4.69, 9.17) is 0 Å². The van der Waals surface area contributed by atoms with E-state index in [0.717, 1.165) is 6.42 Å². The molecule has 0 amide bonds. The van der Waals surface area contributed by atoms with Crippen LogP contribution >= 0.6 is 0 Å². The first-order valence-corrected chi connectivity index (χ1v) is 3.77. The van der Waals surface area contributed by atoms with Gasteiger partial charge in [-0.15, -0.1) is 0 Å². The lowest BCUT2D eigenvalue weighted by Gasteiger charge is -1.86. The number of rotatable bonds is 3. The summed E-state index contributed by atoms with van der Waals surface area (Å²) in [6, 6.07) is 0. The van der Waals surface area contributed by atoms with Crippen LogP contribution in [0, 0.1) is 0 Å². The van der Waals surface area contributed by atoms with Crippen molar-refractivity contribution in [2.75, 3.05) is 0 Å². The van der Waals surface area contributed by atoms with E-state index < -0.39 is 0 Å². The van der Waals surface area contributed by atoms with E-state index in [1.165, 1.54) is 5.57 Å². The molecule has 0 N–H and O–H groups in total. The summed E-state index contributed by atoms with van der Waals surface area (Å²) in [6.45, 7) is 6.28. The van der Waals surface area contributed by atoms with Gasteiger partial charge in [-0.2, -0.15) is 0 Å². The van der Waals surface area contributed by atoms with Crippen molar-refractivity contribution in [2.45, 2.75) is 34.6 Å². The van der Waals surface area contributed by atoms with Crippen molar-refractivity contribution in [3.05, 3.63) is 36.0 Å². The van der Waals surface area contributed by atoms with Crippen LogP contribution in [0.3, 0.4) is 0 Å². The molecule has 0 atom stereocenters. The molecule has 0 rings (SSSR count). The molecule has 0 radical (unpaired) electrons. The van der Waals surface area contributed by atoms with Crippen molar-refractivity contribution < 1.29 is 0 Å². The number of hydrogen-bond donors (Lipinski definition) is 0. The first-order chi connectivity index (χ1) is 4.81. The Bertz CT molecular complexity index is 147. The summed E-state index contributed by atoms with van der Waals surface area (Å²) in [6.07, 6.45) is 11.6. The molecule has 0 heterocycles. The standard InChI is InChI=1S/C10H16.CH4/c1-4-6-7-9-10(3)8-5-2;/h4,6-9H,5H2,1-3H3;1H4/b6-4-,9-7-,10-8+;. The van der Waals surface area contributed by atoms with Crippen LogP contribution in [-0.2, 0) is 0 Å². The Morgan fingerprint density at radius 2 is 1.91 bits per heavy atom. The molecule has 11 heavy (non-hydrogen) atoms. The molecule has 0 saturated heterocycles. The summed E-state index contributed by atoms with van der Waals surface area (Å²) >= 11 is 0. The third-order valence-corrected chi connectivity index (χ3v) is 1.19. The van der Waals surface area contributed by atoms with Crippen molar-refractivity contribution >= 4 is 0 Å². The fraction of sp³-hybridized carbons (Fsp3) is 0.455. The lowest BCUT2D eigenvalue weighted by Crippen LogP contribution is -1.65. The highest BCUT2D eigenvalue weighted by molar-refractivity contribution is 5.19. The molecule has 0 spiro atoms. The summed E-state index contributed by atoms with van der Waals surface area (Å²) < 4.78 is 0. The Morgan fingerprint density at radius 1 is 1.27 bits per heavy atom. The maximum Gasteiger partial charge on any atom is -0.0374 e. The van der Waals surface area contributed by atoms with Gasteiger partial charge in [0.1, 0.15) is 0 Å². The molecular weight excluding hydrogens is 132 g/mol. The Kier molecular flexibility index (Phi) is 10.8. The Labute approximate surface area is 71.3 Å². The highest BCUT2D eigenvalue weighted by atomic mass is 13.8. The predicted molar refractivity (Wildman–Crippen MR) is 54.7 cm³/mol. The average Bonchev–Trinajstić information content (AvgIpc) is 1.89. The van der Waals surface area contributed by atoms with Crippen LogP contribution in [0.25, 0.3) is 0 Å². The molecule has 0 aliphatic rings. The molecule has 0 aromatic carbocycles. The minimum Gasteiger partial charge on any atom is -0.0877 e. The molecule has 0 aromatic rings. The SMILES string of the molecule is C.C\C=C/C=C\C(C)=C\CC. The fourth-order valence-corrected chi connectivity index (χ4v) is 0.708. The topological polar surface area (TPSA) is 0 Å². The quantitative estimate of drug-likeness (QED) is 0.534. The Hall–Kier alpha value is -0.780. The number of allylic oxidation sites excluding steroid dienone is 6. The third kappa shape index (κ3) is 9.22. The van der Waals surface area contributed by atoms with Gasteiger partial charge in [-0.3, -0.25) is 0 Å². The van der Waals surface area contributed by atoms with Crippen LogP contribution in [-0.4, -0.2) is 0 Å². The maximum absolute atomic E-state index is 2.21. The van der Waals surface area contributed by atoms with Crippen LogP contribution in [0.2, 0.25) is 0 Å². The molecule has 0 nitrogen and oxygen atoms in total. The molecule has 0 bridgehead atoms. The lowest BCUT2D eigenvalue weighted by atomic mass is 10.2. The molecular formula is C11H20. The van der Waals surface area contributed by atoms with E-state index in [2.05, 4.69) is 32.1 Å². The van der Waals surface area contributed by atoms with Crippen LogP contribution < -0.4 is 0 Å². The first kappa shape index (κ1) is 12.9. The van der Waals surface area contributed by atoms with Crippen LogP contribution in [0.4, 0.5) is 0 Å². The van der Waals surface area contributed by atoms with Gasteiger partial charge in [-0.25, -0.2) is 0 Å². The van der Waals surface area contributed by atoms with E-state index >= 15 is 0 Å². The summed E-state index contributed by atoms with van der Waals surface area (Å²) in [5.41, 5.74) is 1.33. The molecule has 0 aliphatic heterocycles. The van der Waals surface area contributed by atoms with E-state index in [9.17, 15) is 0 Å². The minimum atomic E-state index is 0. The summed E-state index contributed by atoms with van der Waals surface area (Å²) in [4.78, 5) is 0. The predicted octanol–water partition coefficient (Wildman–Crippen LogP) is 4.11. The van der Waals surface area contributed by atoms with Crippen molar-refractivity contribution in [3.63, 3.8) is 0 Å². The second-order valence-corrected chi connectivity index (χ2v) is 2.24. The average molecular weight is 152 g/mol. The van der Waals surface area contributed by atoms with Crippen molar-refractivity contribution in [2.24, 2.45) is 0 Å². The van der Waals surface area contributed by atoms with Gasteiger partial charge in [-0.1, -0.05) is 50.3 Å². The lowest BCUT2D eigenvalue weighted by molar-refractivity contribution is 1.20. The largest absolute Gasteiger partial charge is 0.0877 e. The van der Waals surface area contributed by atoms with Crippen molar-refractivity contribution in [1.29, 1.82) is 0 Å².